The van der Waals surface area contributed by atoms with Crippen molar-refractivity contribution in [2.45, 2.75) is 0 Å². The summed E-state index contributed by atoms with van der Waals surface area (Å²) in [4.78, 5) is 7.26. The summed E-state index contributed by atoms with van der Waals surface area (Å²) in [5, 5.41) is 0. The summed E-state index contributed by atoms with van der Waals surface area (Å²) in [5.74, 6) is 5.00. The summed E-state index contributed by atoms with van der Waals surface area (Å²) in [5.41, 5.74) is 20.0. The van der Waals surface area contributed by atoms with Crippen LogP contribution in [0.15, 0.2) is 218 Å². The van der Waals surface area contributed by atoms with E-state index >= 15 is 0 Å². The molecule has 9 heteroatoms. The first kappa shape index (κ1) is 37.3. The molecule has 0 saturated carbocycles. The molecule has 6 nitrogen and oxygen atoms in total. The fraction of sp³-hybridized carbons (Fsp3) is 0. The van der Waals surface area contributed by atoms with Gasteiger partial charge < -0.3 is 28.9 Å². The molecule has 10 aromatic rings. The third-order valence-electron chi connectivity index (χ3n) is 15.2. The highest BCUT2D eigenvalue weighted by atomic mass is 16.5. The molecule has 0 amide bonds. The highest BCUT2D eigenvalue weighted by molar-refractivity contribution is 7.05. The van der Waals surface area contributed by atoms with Gasteiger partial charge in [0.25, 0.3) is 20.1 Å². The molecule has 0 spiro atoms. The van der Waals surface area contributed by atoms with Gasteiger partial charge in [-0.05, 0) is 123 Å². The molecular formula is C60H36B3N3O3. The number of para-hydroxylation sites is 7. The maximum atomic E-state index is 7.59. The van der Waals surface area contributed by atoms with E-state index in [0.717, 1.165) is 124 Å². The Balaban J connectivity index is 1.05. The highest BCUT2D eigenvalue weighted by Gasteiger charge is 2.53. The van der Waals surface area contributed by atoms with Crippen molar-refractivity contribution in [1.29, 1.82) is 0 Å². The Labute approximate surface area is 400 Å². The predicted molar refractivity (Wildman–Crippen MR) is 284 cm³/mol. The number of benzene rings is 10. The fourth-order valence-corrected chi connectivity index (χ4v) is 12.6. The average Bonchev–Trinajstić information content (AvgIpc) is 3.41. The lowest BCUT2D eigenvalue weighted by molar-refractivity contribution is 0.469. The molecule has 6 aliphatic heterocycles. The van der Waals surface area contributed by atoms with Gasteiger partial charge in [0.1, 0.15) is 34.5 Å². The third kappa shape index (κ3) is 4.98. The van der Waals surface area contributed by atoms with Crippen LogP contribution in [-0.2, 0) is 0 Å². The van der Waals surface area contributed by atoms with E-state index in [-0.39, 0.29) is 20.1 Å². The Morgan fingerprint density at radius 1 is 0.246 bits per heavy atom. The molecule has 0 N–H and O–H groups in total. The molecule has 0 radical (unpaired) electrons. The molecule has 0 aromatic heterocycles. The molecule has 69 heavy (non-hydrogen) atoms. The zero-order valence-electron chi connectivity index (χ0n) is 37.1. The van der Waals surface area contributed by atoms with Crippen LogP contribution in [0.3, 0.4) is 0 Å². The minimum Gasteiger partial charge on any atom is -0.459 e. The Kier molecular flexibility index (Phi) is 7.50. The van der Waals surface area contributed by atoms with E-state index in [1.165, 1.54) is 10.9 Å². The second-order valence-electron chi connectivity index (χ2n) is 18.6. The largest absolute Gasteiger partial charge is 0.459 e. The zero-order chi connectivity index (χ0) is 44.9. The maximum Gasteiger partial charge on any atom is 0.266 e. The molecule has 0 atom stereocenters. The van der Waals surface area contributed by atoms with Crippen molar-refractivity contribution >= 4 is 120 Å². The number of fused-ring (bicyclic) bond motifs is 14. The molecular weight excluding hydrogens is 843 g/mol. The van der Waals surface area contributed by atoms with Crippen LogP contribution < -0.4 is 78.1 Å². The summed E-state index contributed by atoms with van der Waals surface area (Å²) in [6.45, 7) is -0.530. The van der Waals surface area contributed by atoms with E-state index in [2.05, 4.69) is 233 Å². The smallest absolute Gasteiger partial charge is 0.266 e. The Morgan fingerprint density at radius 2 is 0.638 bits per heavy atom. The van der Waals surface area contributed by atoms with E-state index in [4.69, 9.17) is 14.2 Å². The quantitative estimate of drug-likeness (QED) is 0.165. The average molecular weight is 879 g/mol. The van der Waals surface area contributed by atoms with Crippen LogP contribution in [-0.4, -0.2) is 20.1 Å². The molecule has 16 rings (SSSR count). The van der Waals surface area contributed by atoms with Crippen molar-refractivity contribution in [3.8, 4) is 34.5 Å². The van der Waals surface area contributed by atoms with Gasteiger partial charge in [0.15, 0.2) is 0 Å². The van der Waals surface area contributed by atoms with Crippen molar-refractivity contribution in [2.24, 2.45) is 0 Å². The number of nitrogens with zero attached hydrogens (tertiary/aromatic N) is 3. The van der Waals surface area contributed by atoms with Gasteiger partial charge in [0.2, 0.25) is 0 Å². The molecule has 0 fully saturated rings. The standard InChI is InChI=1S/C60H36B3N3O3/c1-4-19-37(20-5-1)64-44-29-14-10-25-40(44)61-42-27-12-16-32-50(42)68-59-55(61)47(64)35-48-57(59)63-54-46(66(48)39-23-8-3-9-24-39)31-18-34-52(54)67-53-36-49-56-60(58(53)63)69-51-33-17-13-28-43(51)62(56)41-26-11-15-30-45(41)65(49)38-21-6-2-7-22-38/h1-36H. The number of rotatable bonds is 3. The lowest BCUT2D eigenvalue weighted by Crippen LogP contribution is -2.66. The second kappa shape index (κ2) is 13.9. The summed E-state index contributed by atoms with van der Waals surface area (Å²) in [6, 6.07) is 78.4. The first-order chi connectivity index (χ1) is 34.3. The van der Waals surface area contributed by atoms with Crippen LogP contribution in [0.1, 0.15) is 0 Å². The molecule has 0 unspecified atom stereocenters. The van der Waals surface area contributed by atoms with Gasteiger partial charge in [-0.2, -0.15) is 0 Å². The normalized spacial score (nSPS) is 14.3. The topological polar surface area (TPSA) is 37.4 Å². The molecule has 10 aromatic carbocycles. The van der Waals surface area contributed by atoms with Crippen LogP contribution >= 0.6 is 0 Å². The van der Waals surface area contributed by atoms with Gasteiger partial charge in [0.05, 0.1) is 0 Å². The molecule has 0 saturated heterocycles. The minimum absolute atomic E-state index is 0.0899. The number of anilines is 9. The van der Waals surface area contributed by atoms with Gasteiger partial charge in [-0.1, -0.05) is 133 Å². The molecule has 0 bridgehead atoms. The Hall–Kier alpha value is -8.81. The van der Waals surface area contributed by atoms with E-state index in [1.807, 2.05) is 0 Å². The van der Waals surface area contributed by atoms with Crippen molar-refractivity contribution < 1.29 is 14.2 Å². The molecule has 318 valence electrons. The van der Waals surface area contributed by atoms with Gasteiger partial charge >= 0.3 is 0 Å². The first-order valence-corrected chi connectivity index (χ1v) is 23.8. The summed E-state index contributed by atoms with van der Waals surface area (Å²) >= 11 is 0. The molecule has 0 aliphatic carbocycles. The summed E-state index contributed by atoms with van der Waals surface area (Å²) < 4.78 is 22.4. The van der Waals surface area contributed by atoms with E-state index in [0.29, 0.717) is 0 Å². The fourth-order valence-electron chi connectivity index (χ4n) is 12.6. The SMILES string of the molecule is c1ccc(N2c3ccccc3B3c4ccccc4Oc4c5c(cc2c43)Oc2cccc3c2B5c2c(cc4c5c2Oc2ccccc2B5c2ccccc2N4c2ccccc2)N3c2ccccc2)cc1. The van der Waals surface area contributed by atoms with Crippen LogP contribution in [0.25, 0.3) is 0 Å². The minimum atomic E-state index is -0.350. The zero-order valence-corrected chi connectivity index (χ0v) is 37.1. The van der Waals surface area contributed by atoms with Crippen molar-refractivity contribution in [3.63, 3.8) is 0 Å². The van der Waals surface area contributed by atoms with E-state index in [1.54, 1.807) is 0 Å². The van der Waals surface area contributed by atoms with Crippen molar-refractivity contribution in [1.82, 2.24) is 0 Å². The second-order valence-corrected chi connectivity index (χ2v) is 18.6. The highest BCUT2D eigenvalue weighted by Crippen LogP contribution is 2.50. The summed E-state index contributed by atoms with van der Waals surface area (Å²) in [6.07, 6.45) is 0. The van der Waals surface area contributed by atoms with Crippen LogP contribution in [0, 0.1) is 0 Å². The lowest BCUT2D eigenvalue weighted by Gasteiger charge is -2.46. The van der Waals surface area contributed by atoms with Gasteiger partial charge in [0, 0.05) is 62.7 Å². The van der Waals surface area contributed by atoms with E-state index < -0.39 is 0 Å². The maximum absolute atomic E-state index is 7.59. The molecule has 6 aliphatic rings. The summed E-state index contributed by atoms with van der Waals surface area (Å²) in [7, 11) is 0. The first-order valence-electron chi connectivity index (χ1n) is 23.8. The van der Waals surface area contributed by atoms with Crippen molar-refractivity contribution in [3.05, 3.63) is 218 Å². The van der Waals surface area contributed by atoms with Gasteiger partial charge in [-0.15, -0.1) is 0 Å². The van der Waals surface area contributed by atoms with Gasteiger partial charge in [-0.25, -0.2) is 0 Å². The number of hydrogen-bond donors (Lipinski definition) is 0. The number of ether oxygens (including phenoxy) is 3. The lowest BCUT2D eigenvalue weighted by atomic mass is 9.29. The Bertz CT molecular complexity index is 3830. The van der Waals surface area contributed by atoms with E-state index in [9.17, 15) is 0 Å². The van der Waals surface area contributed by atoms with Crippen LogP contribution in [0.2, 0.25) is 0 Å². The van der Waals surface area contributed by atoms with Crippen LogP contribution in [0.5, 0.6) is 34.5 Å². The van der Waals surface area contributed by atoms with Crippen molar-refractivity contribution in [2.75, 3.05) is 14.7 Å². The monoisotopic (exact) mass is 879 g/mol. The Morgan fingerprint density at radius 3 is 1.17 bits per heavy atom. The predicted octanol–water partition coefficient (Wildman–Crippen LogP) is 8.90. The van der Waals surface area contributed by atoms with Gasteiger partial charge in [-0.3, -0.25) is 0 Å². The third-order valence-corrected chi connectivity index (χ3v) is 15.2. The molecule has 6 heterocycles. The number of hydrogen-bond acceptors (Lipinski definition) is 6. The van der Waals surface area contributed by atoms with Crippen LogP contribution in [0.4, 0.5) is 51.2 Å².